The highest BCUT2D eigenvalue weighted by molar-refractivity contribution is 6.30. The maximum absolute atomic E-state index is 14.5. The number of carboxylic acids is 1. The predicted octanol–water partition coefficient (Wildman–Crippen LogP) is 6.95. The van der Waals surface area contributed by atoms with Crippen molar-refractivity contribution in [3.05, 3.63) is 57.9 Å². The van der Waals surface area contributed by atoms with E-state index in [0.717, 1.165) is 42.9 Å². The van der Waals surface area contributed by atoms with Gasteiger partial charge in [-0.15, -0.1) is 25.6 Å². The van der Waals surface area contributed by atoms with Crippen LogP contribution in [-0.2, 0) is 6.54 Å². The van der Waals surface area contributed by atoms with Gasteiger partial charge in [0.15, 0.2) is 0 Å². The molecule has 0 amide bonds. The third-order valence-corrected chi connectivity index (χ3v) is 7.27. The Hall–Kier alpha value is -2.23. The van der Waals surface area contributed by atoms with E-state index in [1.807, 2.05) is 0 Å². The van der Waals surface area contributed by atoms with E-state index < -0.39 is 23.9 Å². The number of rotatable bonds is 7. The number of halogens is 6. The summed E-state index contributed by atoms with van der Waals surface area (Å²) in [5.41, 5.74) is 1.45. The Morgan fingerprint density at radius 1 is 1.03 bits per heavy atom. The van der Waals surface area contributed by atoms with Crippen LogP contribution in [0.3, 0.4) is 0 Å². The smallest absolute Gasteiger partial charge is 0.490 e. The van der Waals surface area contributed by atoms with Crippen molar-refractivity contribution in [2.75, 3.05) is 0 Å². The van der Waals surface area contributed by atoms with Crippen LogP contribution in [-0.4, -0.2) is 40.5 Å². The molecule has 2 aromatic carbocycles. The van der Waals surface area contributed by atoms with E-state index >= 15 is 0 Å². The van der Waals surface area contributed by atoms with Crippen LogP contribution in [0.5, 0.6) is 11.5 Å². The summed E-state index contributed by atoms with van der Waals surface area (Å²) in [6, 6.07) is 6.95. The largest absolute Gasteiger partial charge is 0.573 e. The molecular weight excluding hydrogens is 525 g/mol. The molecule has 0 radical (unpaired) electrons. The van der Waals surface area contributed by atoms with E-state index in [2.05, 4.69) is 9.64 Å². The Morgan fingerprint density at radius 2 is 1.67 bits per heavy atom. The van der Waals surface area contributed by atoms with Crippen molar-refractivity contribution in [2.24, 2.45) is 0 Å². The summed E-state index contributed by atoms with van der Waals surface area (Å²) in [6.45, 7) is 0.533. The Kier molecular flexibility index (Phi) is 7.65. The van der Waals surface area contributed by atoms with Crippen LogP contribution >= 0.6 is 24.0 Å². The fourth-order valence-electron chi connectivity index (χ4n) is 5.47. The second-order valence-electron chi connectivity index (χ2n) is 9.55. The van der Waals surface area contributed by atoms with Crippen molar-refractivity contribution < 1.29 is 36.9 Å². The summed E-state index contributed by atoms with van der Waals surface area (Å²) in [5.74, 6) is -1.92. The molecule has 2 atom stereocenters. The summed E-state index contributed by atoms with van der Waals surface area (Å²) in [5, 5.41) is 9.39. The quantitative estimate of drug-likeness (QED) is 0.378. The molecule has 0 aromatic heterocycles. The summed E-state index contributed by atoms with van der Waals surface area (Å²) in [4.78, 5) is 13.7. The number of ether oxygens (including phenoxy) is 2. The van der Waals surface area contributed by atoms with Crippen molar-refractivity contribution in [1.29, 1.82) is 0 Å². The van der Waals surface area contributed by atoms with Crippen LogP contribution < -0.4 is 9.47 Å². The highest BCUT2D eigenvalue weighted by atomic mass is 35.5. The maximum atomic E-state index is 14.5. The number of aromatic carboxylic acids is 1. The second kappa shape index (κ2) is 10.3. The van der Waals surface area contributed by atoms with Gasteiger partial charge in [-0.05, 0) is 79.8 Å². The first-order chi connectivity index (χ1) is 16.6. The fourth-order valence-corrected chi connectivity index (χ4v) is 5.69. The summed E-state index contributed by atoms with van der Waals surface area (Å²) in [6.07, 6.45) is 0.150. The van der Waals surface area contributed by atoms with Gasteiger partial charge in [0.25, 0.3) is 0 Å². The first-order valence-corrected chi connectivity index (χ1v) is 12.0. The number of benzene rings is 2. The van der Waals surface area contributed by atoms with Crippen LogP contribution in [0.1, 0.15) is 65.9 Å². The lowest BCUT2D eigenvalue weighted by Gasteiger charge is -2.39. The average Bonchev–Trinajstić information content (AvgIpc) is 3.53. The number of alkyl halides is 3. The standard InChI is InChI=1S/C25H24ClF4NO4.ClH/c26-15-6-18(10-20(7-15)35-25(28,29)30)34-19-8-16-3-4-17(9-19)31(16)12-14-5-23(27)22(24(32)33)11-21(14)13-1-2-13;/h5-7,10-11,13,16-17,19H,1-4,8-9,12H2,(H,32,33);1H. The van der Waals surface area contributed by atoms with Gasteiger partial charge in [0.05, 0.1) is 5.56 Å². The number of carbonyl (C=O) groups is 1. The van der Waals surface area contributed by atoms with Gasteiger partial charge < -0.3 is 14.6 Å². The minimum atomic E-state index is -4.83. The van der Waals surface area contributed by atoms with Gasteiger partial charge in [-0.25, -0.2) is 9.18 Å². The molecule has 2 heterocycles. The molecule has 3 aliphatic rings. The molecule has 3 fully saturated rings. The molecule has 1 saturated carbocycles. The lowest BCUT2D eigenvalue weighted by molar-refractivity contribution is -0.274. The zero-order valence-electron chi connectivity index (χ0n) is 19.1. The fraction of sp³-hybridized carbons (Fsp3) is 0.480. The first-order valence-electron chi connectivity index (χ1n) is 11.6. The number of carboxylic acid groups (broad SMARTS) is 1. The van der Waals surface area contributed by atoms with E-state index in [1.54, 1.807) is 0 Å². The molecule has 1 N–H and O–H groups in total. The summed E-state index contributed by atoms with van der Waals surface area (Å²) >= 11 is 5.97. The summed E-state index contributed by atoms with van der Waals surface area (Å²) < 4.78 is 62.3. The molecule has 5 nitrogen and oxygen atoms in total. The van der Waals surface area contributed by atoms with Crippen LogP contribution in [0, 0.1) is 5.82 Å². The molecule has 0 spiro atoms. The van der Waals surface area contributed by atoms with E-state index in [1.165, 1.54) is 24.3 Å². The lowest BCUT2D eigenvalue weighted by atomic mass is 9.95. The lowest BCUT2D eigenvalue weighted by Crippen LogP contribution is -2.45. The Labute approximate surface area is 216 Å². The maximum Gasteiger partial charge on any atom is 0.573 e. The Balaban J connectivity index is 0.00000304. The molecular formula is C25H25Cl2F4NO4. The number of hydrogen-bond donors (Lipinski definition) is 1. The van der Waals surface area contributed by atoms with Crippen molar-refractivity contribution in [3.63, 3.8) is 0 Å². The Bertz CT molecular complexity index is 1130. The van der Waals surface area contributed by atoms with E-state index in [0.29, 0.717) is 19.4 Å². The van der Waals surface area contributed by atoms with E-state index in [4.69, 9.17) is 16.3 Å². The number of piperidine rings is 1. The molecule has 2 unspecified atom stereocenters. The van der Waals surface area contributed by atoms with E-state index in [-0.39, 0.29) is 52.8 Å². The van der Waals surface area contributed by atoms with Gasteiger partial charge in [0.2, 0.25) is 0 Å². The molecule has 11 heteroatoms. The highest BCUT2D eigenvalue weighted by Crippen LogP contribution is 2.45. The van der Waals surface area contributed by atoms with Gasteiger partial charge in [0, 0.05) is 29.7 Å². The SMILES string of the molecule is Cl.O=C(O)c1cc(C2CC2)c(CN2C3CCC2CC(Oc2cc(Cl)cc(OC(F)(F)F)c2)C3)cc1F. The molecule has 2 saturated heterocycles. The van der Waals surface area contributed by atoms with Crippen LogP contribution in [0.2, 0.25) is 5.02 Å². The van der Waals surface area contributed by atoms with Gasteiger partial charge in [-0.2, -0.15) is 0 Å². The van der Waals surface area contributed by atoms with Crippen molar-refractivity contribution in [2.45, 2.75) is 75.5 Å². The van der Waals surface area contributed by atoms with Crippen LogP contribution in [0.4, 0.5) is 17.6 Å². The second-order valence-corrected chi connectivity index (χ2v) is 9.99. The van der Waals surface area contributed by atoms with Crippen LogP contribution in [0.15, 0.2) is 30.3 Å². The Morgan fingerprint density at radius 3 is 2.25 bits per heavy atom. The third kappa shape index (κ3) is 6.01. The van der Waals surface area contributed by atoms with Crippen LogP contribution in [0.25, 0.3) is 0 Å². The van der Waals surface area contributed by atoms with Crippen molar-refractivity contribution >= 4 is 30.0 Å². The summed E-state index contributed by atoms with van der Waals surface area (Å²) in [7, 11) is 0. The minimum Gasteiger partial charge on any atom is -0.490 e. The minimum absolute atomic E-state index is 0. The zero-order chi connectivity index (χ0) is 24.9. The molecule has 2 aliphatic heterocycles. The van der Waals surface area contributed by atoms with Gasteiger partial charge in [-0.3, -0.25) is 4.90 Å². The third-order valence-electron chi connectivity index (χ3n) is 7.05. The van der Waals surface area contributed by atoms with Gasteiger partial charge in [0.1, 0.15) is 23.4 Å². The average molecular weight is 550 g/mol. The van der Waals surface area contributed by atoms with Gasteiger partial charge >= 0.3 is 12.3 Å². The van der Waals surface area contributed by atoms with Gasteiger partial charge in [-0.1, -0.05) is 11.6 Å². The van der Waals surface area contributed by atoms with Crippen molar-refractivity contribution in [3.8, 4) is 11.5 Å². The topological polar surface area (TPSA) is 59.0 Å². The number of nitrogens with zero attached hydrogens (tertiary/aromatic N) is 1. The van der Waals surface area contributed by atoms with E-state index in [9.17, 15) is 27.5 Å². The highest BCUT2D eigenvalue weighted by Gasteiger charge is 2.42. The molecule has 2 bridgehead atoms. The molecule has 196 valence electrons. The number of hydrogen-bond acceptors (Lipinski definition) is 4. The molecule has 36 heavy (non-hydrogen) atoms. The molecule has 1 aliphatic carbocycles. The van der Waals surface area contributed by atoms with Crippen molar-refractivity contribution in [1.82, 2.24) is 4.90 Å². The molecule has 5 rings (SSSR count). The normalized spacial score (nSPS) is 23.8. The predicted molar refractivity (Wildman–Crippen MR) is 127 cm³/mol. The monoisotopic (exact) mass is 549 g/mol. The first kappa shape index (κ1) is 26.8. The number of fused-ring (bicyclic) bond motifs is 2. The molecule has 2 aromatic rings. The zero-order valence-corrected chi connectivity index (χ0v) is 20.6.